The third kappa shape index (κ3) is 1.28. The molecule has 0 spiro atoms. The van der Waals surface area contributed by atoms with Crippen molar-refractivity contribution in [3.05, 3.63) is 34.8 Å². The first-order chi connectivity index (χ1) is 7.72. The fourth-order valence-electron chi connectivity index (χ4n) is 2.32. The molecule has 0 aliphatic heterocycles. The van der Waals surface area contributed by atoms with Crippen molar-refractivity contribution in [3.8, 4) is 0 Å². The Kier molecular flexibility index (Phi) is 2.04. The highest BCUT2D eigenvalue weighted by atomic mass is 19.1. The van der Waals surface area contributed by atoms with Crippen LogP contribution in [0.2, 0.25) is 0 Å². The van der Waals surface area contributed by atoms with Gasteiger partial charge in [-0.15, -0.1) is 0 Å². The van der Waals surface area contributed by atoms with Crippen LogP contribution in [-0.4, -0.2) is 0 Å². The summed E-state index contributed by atoms with van der Waals surface area (Å²) >= 11 is 0. The number of furan rings is 1. The molecule has 1 aromatic heterocycles. The highest BCUT2D eigenvalue weighted by Gasteiger charge is 2.32. The second-order valence-corrected chi connectivity index (χ2v) is 4.49. The van der Waals surface area contributed by atoms with Gasteiger partial charge >= 0.3 is 0 Å². The molecule has 0 saturated heterocycles. The Morgan fingerprint density at radius 3 is 2.81 bits per heavy atom. The van der Waals surface area contributed by atoms with Gasteiger partial charge in [0.25, 0.3) is 0 Å². The number of hydrogen-bond acceptors (Lipinski definition) is 2. The van der Waals surface area contributed by atoms with E-state index in [0.29, 0.717) is 23.4 Å². The van der Waals surface area contributed by atoms with Crippen LogP contribution in [0.1, 0.15) is 35.6 Å². The maximum Gasteiger partial charge on any atom is 0.140 e. The molecule has 1 heterocycles. The molecule has 0 unspecified atom stereocenters. The Balaban J connectivity index is 2.39. The number of halogens is 1. The van der Waals surface area contributed by atoms with Crippen molar-refractivity contribution in [3.63, 3.8) is 0 Å². The summed E-state index contributed by atoms with van der Waals surface area (Å²) in [6.07, 6.45) is 2.24. The Hall–Kier alpha value is -1.35. The van der Waals surface area contributed by atoms with Gasteiger partial charge in [-0.3, -0.25) is 0 Å². The van der Waals surface area contributed by atoms with Crippen LogP contribution in [0.25, 0.3) is 11.0 Å². The lowest BCUT2D eigenvalue weighted by molar-refractivity contribution is 0.543. The molecule has 0 amide bonds. The summed E-state index contributed by atoms with van der Waals surface area (Å²) in [6.45, 7) is 2.28. The normalized spacial score (nSPS) is 15.9. The molecule has 3 rings (SSSR count). The van der Waals surface area contributed by atoms with Gasteiger partial charge in [-0.1, -0.05) is 6.07 Å². The zero-order valence-electron chi connectivity index (χ0n) is 9.22. The Bertz CT molecular complexity index is 555. The number of aryl methyl sites for hydroxylation is 1. The van der Waals surface area contributed by atoms with Crippen molar-refractivity contribution in [1.82, 2.24) is 0 Å². The average Bonchev–Trinajstić information content (AvgIpc) is 3.03. The first kappa shape index (κ1) is 9.85. The van der Waals surface area contributed by atoms with Crippen molar-refractivity contribution in [2.24, 2.45) is 5.73 Å². The van der Waals surface area contributed by atoms with E-state index < -0.39 is 0 Å². The average molecular weight is 219 g/mol. The molecule has 0 bridgehead atoms. The first-order valence-corrected chi connectivity index (χ1v) is 5.62. The van der Waals surface area contributed by atoms with E-state index in [4.69, 9.17) is 10.2 Å². The van der Waals surface area contributed by atoms with E-state index in [9.17, 15) is 4.39 Å². The lowest BCUT2D eigenvalue weighted by atomic mass is 10.0. The van der Waals surface area contributed by atoms with E-state index in [1.807, 2.05) is 6.92 Å². The standard InChI is InChI=1S/C13H14FNO/c1-7-2-5-9(14)12-11(8-3-4-8)10(6-15)16-13(7)12/h2,5,8H,3-4,6,15H2,1H3. The fourth-order valence-corrected chi connectivity index (χ4v) is 2.32. The molecule has 0 atom stereocenters. The van der Waals surface area contributed by atoms with Gasteiger partial charge in [0.1, 0.15) is 17.2 Å². The molecular weight excluding hydrogens is 205 g/mol. The molecule has 2 nitrogen and oxygen atoms in total. The van der Waals surface area contributed by atoms with E-state index in [2.05, 4.69) is 0 Å². The molecule has 84 valence electrons. The molecule has 1 aliphatic carbocycles. The monoisotopic (exact) mass is 219 g/mol. The predicted molar refractivity (Wildman–Crippen MR) is 60.8 cm³/mol. The van der Waals surface area contributed by atoms with Gasteiger partial charge < -0.3 is 10.2 Å². The molecule has 2 aromatic rings. The van der Waals surface area contributed by atoms with E-state index in [-0.39, 0.29) is 5.82 Å². The predicted octanol–water partition coefficient (Wildman–Crippen LogP) is 3.22. The molecule has 2 N–H and O–H groups in total. The maximum absolute atomic E-state index is 13.9. The van der Waals surface area contributed by atoms with Gasteiger partial charge in [-0.05, 0) is 37.3 Å². The molecule has 1 aliphatic rings. The third-order valence-corrected chi connectivity index (χ3v) is 3.27. The van der Waals surface area contributed by atoms with Crippen LogP contribution < -0.4 is 5.73 Å². The maximum atomic E-state index is 13.9. The summed E-state index contributed by atoms with van der Waals surface area (Å²) in [4.78, 5) is 0. The molecule has 0 radical (unpaired) electrons. The lowest BCUT2D eigenvalue weighted by Gasteiger charge is -1.99. The summed E-state index contributed by atoms with van der Waals surface area (Å²) in [7, 11) is 0. The smallest absolute Gasteiger partial charge is 0.140 e. The quantitative estimate of drug-likeness (QED) is 0.842. The molecule has 16 heavy (non-hydrogen) atoms. The van der Waals surface area contributed by atoms with E-state index in [1.165, 1.54) is 6.07 Å². The van der Waals surface area contributed by atoms with Crippen molar-refractivity contribution >= 4 is 11.0 Å². The minimum atomic E-state index is -0.189. The highest BCUT2D eigenvalue weighted by molar-refractivity contribution is 5.86. The van der Waals surface area contributed by atoms with Crippen LogP contribution in [0, 0.1) is 12.7 Å². The van der Waals surface area contributed by atoms with E-state index >= 15 is 0 Å². The van der Waals surface area contributed by atoms with Crippen LogP contribution in [0.3, 0.4) is 0 Å². The summed E-state index contributed by atoms with van der Waals surface area (Å²) in [5, 5.41) is 0.656. The number of nitrogens with two attached hydrogens (primary N) is 1. The van der Waals surface area contributed by atoms with Gasteiger partial charge in [-0.2, -0.15) is 0 Å². The third-order valence-electron chi connectivity index (χ3n) is 3.27. The Labute approximate surface area is 93.2 Å². The van der Waals surface area contributed by atoms with Gasteiger partial charge in [0.15, 0.2) is 0 Å². The van der Waals surface area contributed by atoms with Crippen LogP contribution in [0.4, 0.5) is 4.39 Å². The van der Waals surface area contributed by atoms with Crippen molar-refractivity contribution in [1.29, 1.82) is 0 Å². The second kappa shape index (κ2) is 3.32. The molecular formula is C13H14FNO. The summed E-state index contributed by atoms with van der Waals surface area (Å²) in [5.41, 5.74) is 8.32. The second-order valence-electron chi connectivity index (χ2n) is 4.49. The van der Waals surface area contributed by atoms with Gasteiger partial charge in [0.2, 0.25) is 0 Å². The molecule has 1 saturated carbocycles. The zero-order valence-corrected chi connectivity index (χ0v) is 9.22. The zero-order chi connectivity index (χ0) is 11.3. The summed E-state index contributed by atoms with van der Waals surface area (Å²) < 4.78 is 19.6. The minimum absolute atomic E-state index is 0.189. The fraction of sp³-hybridized carbons (Fsp3) is 0.385. The molecule has 3 heteroatoms. The van der Waals surface area contributed by atoms with Crippen LogP contribution in [-0.2, 0) is 6.54 Å². The summed E-state index contributed by atoms with van der Waals surface area (Å²) in [6, 6.07) is 3.26. The van der Waals surface area contributed by atoms with Crippen molar-refractivity contribution in [2.75, 3.05) is 0 Å². The van der Waals surface area contributed by atoms with Gasteiger partial charge in [0, 0.05) is 5.56 Å². The minimum Gasteiger partial charge on any atom is -0.459 e. The largest absolute Gasteiger partial charge is 0.459 e. The SMILES string of the molecule is Cc1ccc(F)c2c(C3CC3)c(CN)oc12. The van der Waals surface area contributed by atoms with Gasteiger partial charge in [0.05, 0.1) is 11.9 Å². The van der Waals surface area contributed by atoms with Gasteiger partial charge in [-0.25, -0.2) is 4.39 Å². The number of hydrogen-bond donors (Lipinski definition) is 1. The summed E-state index contributed by atoms with van der Waals surface area (Å²) in [5.74, 6) is 1.02. The molecule has 1 aromatic carbocycles. The number of rotatable bonds is 2. The van der Waals surface area contributed by atoms with E-state index in [1.54, 1.807) is 6.07 Å². The number of benzene rings is 1. The highest BCUT2D eigenvalue weighted by Crippen LogP contribution is 2.47. The van der Waals surface area contributed by atoms with Crippen LogP contribution in [0.5, 0.6) is 0 Å². The Morgan fingerprint density at radius 2 is 2.19 bits per heavy atom. The molecule has 1 fully saturated rings. The Morgan fingerprint density at radius 1 is 1.44 bits per heavy atom. The van der Waals surface area contributed by atoms with Crippen molar-refractivity contribution in [2.45, 2.75) is 32.2 Å². The van der Waals surface area contributed by atoms with Crippen LogP contribution >= 0.6 is 0 Å². The lowest BCUT2D eigenvalue weighted by Crippen LogP contribution is -1.97. The topological polar surface area (TPSA) is 39.2 Å². The number of fused-ring (bicyclic) bond motifs is 1. The van der Waals surface area contributed by atoms with E-state index in [0.717, 1.165) is 29.7 Å². The van der Waals surface area contributed by atoms with Crippen LogP contribution in [0.15, 0.2) is 16.5 Å². The van der Waals surface area contributed by atoms with Crippen molar-refractivity contribution < 1.29 is 8.81 Å². The first-order valence-electron chi connectivity index (χ1n) is 5.62.